The van der Waals surface area contributed by atoms with E-state index in [4.69, 9.17) is 9.47 Å². The number of carbonyl (C=O) groups is 3. The van der Waals surface area contributed by atoms with Gasteiger partial charge in [0.15, 0.2) is 0 Å². The van der Waals surface area contributed by atoms with Crippen molar-refractivity contribution in [2.45, 2.75) is 31.2 Å². The third kappa shape index (κ3) is 9.08. The Labute approximate surface area is 253 Å². The van der Waals surface area contributed by atoms with Crippen LogP contribution in [0.25, 0.3) is 0 Å². The maximum atomic E-state index is 14.0. The summed E-state index contributed by atoms with van der Waals surface area (Å²) in [6, 6.07) is 16.1. The quantitative estimate of drug-likeness (QED) is 0.216. The average molecular weight is 607 g/mol. The first-order valence-corrected chi connectivity index (χ1v) is 13.8. The molecule has 14 heteroatoms. The summed E-state index contributed by atoms with van der Waals surface area (Å²) in [5.74, 6) is -3.23. The fraction of sp³-hybridized carbons (Fsp3) is 0.300. The summed E-state index contributed by atoms with van der Waals surface area (Å²) >= 11 is 0. The van der Waals surface area contributed by atoms with Crippen LogP contribution in [0.1, 0.15) is 22.3 Å². The molecule has 2 heterocycles. The van der Waals surface area contributed by atoms with Gasteiger partial charge in [-0.25, -0.2) is 4.98 Å². The van der Waals surface area contributed by atoms with Crippen molar-refractivity contribution >= 4 is 36.9 Å². The summed E-state index contributed by atoms with van der Waals surface area (Å²) in [5.41, 5.74) is -0.514. The van der Waals surface area contributed by atoms with Crippen molar-refractivity contribution in [3.63, 3.8) is 0 Å². The molecule has 4 N–H and O–H groups in total. The molecule has 3 aromatic rings. The second-order valence-corrected chi connectivity index (χ2v) is 10.0. The van der Waals surface area contributed by atoms with E-state index in [0.717, 1.165) is 23.8 Å². The van der Waals surface area contributed by atoms with Crippen molar-refractivity contribution in [2.75, 3.05) is 31.6 Å². The van der Waals surface area contributed by atoms with Crippen molar-refractivity contribution in [2.24, 2.45) is 0 Å². The number of nitrogens with one attached hydrogen (secondary N) is 3. The van der Waals surface area contributed by atoms with Crippen molar-refractivity contribution < 1.29 is 37.7 Å². The number of rotatable bonds is 13. The first-order valence-electron chi connectivity index (χ1n) is 13.8. The second kappa shape index (κ2) is 15.6. The molecule has 11 nitrogen and oxygen atoms in total. The molecule has 1 aliphatic heterocycles. The topological polar surface area (TPSA) is 142 Å². The number of aromatic nitrogens is 1. The fourth-order valence-electron chi connectivity index (χ4n) is 4.56. The molecule has 1 saturated heterocycles. The first kappa shape index (κ1) is 32.1. The van der Waals surface area contributed by atoms with E-state index >= 15 is 0 Å². The van der Waals surface area contributed by atoms with Crippen LogP contribution in [0.5, 0.6) is 0 Å². The van der Waals surface area contributed by atoms with Crippen LogP contribution in [-0.2, 0) is 20.9 Å². The molecule has 3 atom stereocenters. The second-order valence-electron chi connectivity index (χ2n) is 10.0. The number of benzene rings is 2. The zero-order valence-electron chi connectivity index (χ0n) is 23.7. The zero-order valence-corrected chi connectivity index (χ0v) is 23.7. The SMILES string of the molecule is B=C(O)[C@H](CNC(=O)CO[C@@H]1C[C@@H](CNc2ccccn2)N(C(=O)OCc2ccccc2)C1)NC(=O)c1c(F)cccc1F. The van der Waals surface area contributed by atoms with Gasteiger partial charge in [0.05, 0.1) is 0 Å². The molecule has 1 fully saturated rings. The Hall–Kier alpha value is -4.85. The number of likely N-dealkylation sites (tertiary alicyclic amines) is 1. The Balaban J connectivity index is 1.29. The predicted molar refractivity (Wildman–Crippen MR) is 159 cm³/mol. The van der Waals surface area contributed by atoms with E-state index in [-0.39, 0.29) is 25.7 Å². The average Bonchev–Trinajstić information content (AvgIpc) is 3.44. The van der Waals surface area contributed by atoms with Gasteiger partial charge in [0.2, 0.25) is 0 Å². The normalized spacial score (nSPS) is 16.5. The molecular weight excluding hydrogens is 575 g/mol. The Bertz CT molecular complexity index is 1430. The third-order valence-electron chi connectivity index (χ3n) is 6.85. The molecule has 0 saturated carbocycles. The monoisotopic (exact) mass is 607 g/mol. The summed E-state index contributed by atoms with van der Waals surface area (Å²) in [4.78, 5) is 43.7. The van der Waals surface area contributed by atoms with Gasteiger partial charge in [-0.1, -0.05) is 36.4 Å². The summed E-state index contributed by atoms with van der Waals surface area (Å²) < 4.78 is 39.2. The molecule has 0 aliphatic carbocycles. The van der Waals surface area contributed by atoms with Gasteiger partial charge in [-0.2, -0.15) is 0 Å². The van der Waals surface area contributed by atoms with Crippen LogP contribution in [0.3, 0.4) is 0 Å². The summed E-state index contributed by atoms with van der Waals surface area (Å²) in [6.45, 7) is -0.0686. The summed E-state index contributed by atoms with van der Waals surface area (Å²) in [7, 11) is 3.35. The van der Waals surface area contributed by atoms with Gasteiger partial charge in [0.25, 0.3) is 0 Å². The summed E-state index contributed by atoms with van der Waals surface area (Å²) in [5, 5.41) is 17.8. The van der Waals surface area contributed by atoms with Gasteiger partial charge in [-0.15, -0.1) is 0 Å². The minimum atomic E-state index is -1.23. The molecule has 1 aliphatic rings. The molecule has 2 aromatic carbocycles. The van der Waals surface area contributed by atoms with Gasteiger partial charge < -0.3 is 0 Å². The molecular formula is C30H32BF2N5O6. The standard InChI is InChI=1S/C30H32BF2N5O6/c31-28(40)24(37-29(41)27-22(32)9-6-10-23(27)33)15-36-26(39)18-43-21-13-20(14-35-25-11-4-5-12-34-25)38(16-21)30(42)44-17-19-7-2-1-3-8-19/h1-12,20-21,24,31,40H,13-18H2,(H,34,35)(H,36,39)(H,37,41)/t20-,21+,24-/m0/s1. The van der Waals surface area contributed by atoms with Crippen LogP contribution in [0.4, 0.5) is 19.4 Å². The number of amides is 3. The van der Waals surface area contributed by atoms with E-state index in [1.807, 2.05) is 36.4 Å². The number of hydrogen-bond donors (Lipinski definition) is 4. The molecule has 3 amide bonds. The number of pyridine rings is 1. The van der Waals surface area contributed by atoms with Crippen molar-refractivity contribution in [3.05, 3.63) is 95.7 Å². The number of halogens is 2. The molecule has 230 valence electrons. The van der Waals surface area contributed by atoms with E-state index in [1.54, 1.807) is 23.2 Å². The zero-order chi connectivity index (χ0) is 31.5. The van der Waals surface area contributed by atoms with E-state index in [2.05, 4.69) is 28.4 Å². The van der Waals surface area contributed by atoms with Gasteiger partial charge in [0.1, 0.15) is 12.4 Å². The Morgan fingerprint density at radius 1 is 1.05 bits per heavy atom. The number of anilines is 1. The molecule has 0 spiro atoms. The molecule has 44 heavy (non-hydrogen) atoms. The van der Waals surface area contributed by atoms with Gasteiger partial charge >= 0.3 is 176 Å². The van der Waals surface area contributed by atoms with Crippen LogP contribution in [0.15, 0.2) is 72.9 Å². The van der Waals surface area contributed by atoms with Crippen molar-refractivity contribution in [1.29, 1.82) is 0 Å². The van der Waals surface area contributed by atoms with Crippen LogP contribution < -0.4 is 16.0 Å². The molecule has 0 unspecified atom stereocenters. The van der Waals surface area contributed by atoms with Crippen molar-refractivity contribution in [1.82, 2.24) is 20.5 Å². The van der Waals surface area contributed by atoms with Gasteiger partial charge in [0, 0.05) is 6.20 Å². The number of ether oxygens (including phenoxy) is 2. The van der Waals surface area contributed by atoms with Gasteiger partial charge in [-0.3, -0.25) is 0 Å². The van der Waals surface area contributed by atoms with E-state index in [1.165, 1.54) is 0 Å². The predicted octanol–water partition coefficient (Wildman–Crippen LogP) is 1.89. The maximum absolute atomic E-state index is 14.0. The van der Waals surface area contributed by atoms with Crippen LogP contribution in [0, 0.1) is 11.6 Å². The Kier molecular flexibility index (Phi) is 11.4. The fourth-order valence-corrected chi connectivity index (χ4v) is 4.56. The van der Waals surface area contributed by atoms with Crippen LogP contribution in [0.2, 0.25) is 0 Å². The number of hydrogen-bond acceptors (Lipinski definition) is 8. The first-order chi connectivity index (χ1) is 21.2. The van der Waals surface area contributed by atoms with Crippen LogP contribution in [-0.4, -0.2) is 90.5 Å². The Morgan fingerprint density at radius 2 is 1.77 bits per heavy atom. The summed E-state index contributed by atoms with van der Waals surface area (Å²) in [6.07, 6.45) is 1.04. The minimum absolute atomic E-state index is 0.0991. The number of aliphatic hydroxyl groups excluding tert-OH is 1. The van der Waals surface area contributed by atoms with Crippen molar-refractivity contribution in [3.8, 4) is 0 Å². The molecule has 4 rings (SSSR count). The number of carbonyl (C=O) groups excluding carboxylic acids is 3. The number of aliphatic hydroxyl groups is 1. The van der Waals surface area contributed by atoms with Crippen LogP contribution >= 0.6 is 0 Å². The van der Waals surface area contributed by atoms with E-state index < -0.39 is 59.5 Å². The van der Waals surface area contributed by atoms with E-state index in [0.29, 0.717) is 18.8 Å². The third-order valence-corrected chi connectivity index (χ3v) is 6.85. The molecule has 1 aromatic heterocycles. The Morgan fingerprint density at radius 3 is 2.45 bits per heavy atom. The number of nitrogens with zero attached hydrogens (tertiary/aromatic N) is 2. The molecule has 0 bridgehead atoms. The molecule has 0 radical (unpaired) electrons. The van der Waals surface area contributed by atoms with Gasteiger partial charge in [-0.05, 0) is 17.7 Å². The van der Waals surface area contributed by atoms with E-state index in [9.17, 15) is 28.3 Å².